The molecule has 0 saturated carbocycles. The van der Waals surface area contributed by atoms with Gasteiger partial charge in [-0.05, 0) is 56.7 Å². The number of carbonyl (C=O) groups excluding carboxylic acids is 1. The van der Waals surface area contributed by atoms with E-state index in [1.807, 2.05) is 5.38 Å². The van der Waals surface area contributed by atoms with Crippen LogP contribution in [-0.2, 0) is 19.4 Å². The molecule has 1 N–H and O–H groups in total. The SMILES string of the molecule is CC(C)S(=O)(=O)c1ccc(C(CC2CCOCC2)C(=O)Nc2nccs2)cc1. The first kappa shape index (κ1) is 21.0. The van der Waals surface area contributed by atoms with Gasteiger partial charge in [-0.15, -0.1) is 11.3 Å². The molecule has 0 spiro atoms. The van der Waals surface area contributed by atoms with E-state index >= 15 is 0 Å². The first-order valence-electron chi connectivity index (χ1n) is 9.50. The largest absolute Gasteiger partial charge is 0.381 e. The van der Waals surface area contributed by atoms with Gasteiger partial charge in [-0.3, -0.25) is 4.79 Å². The number of nitrogens with zero attached hydrogens (tertiary/aromatic N) is 1. The molecular weight excluding hydrogens is 396 g/mol. The Morgan fingerprint density at radius 3 is 2.50 bits per heavy atom. The quantitative estimate of drug-likeness (QED) is 0.732. The molecule has 1 aromatic carbocycles. The Morgan fingerprint density at radius 2 is 1.93 bits per heavy atom. The predicted octanol–water partition coefficient (Wildman–Crippen LogP) is 3.86. The lowest BCUT2D eigenvalue weighted by Gasteiger charge is -2.26. The number of hydrogen-bond donors (Lipinski definition) is 1. The number of ether oxygens (including phenoxy) is 1. The molecule has 0 aliphatic carbocycles. The summed E-state index contributed by atoms with van der Waals surface area (Å²) in [7, 11) is -3.33. The van der Waals surface area contributed by atoms with Gasteiger partial charge in [-0.25, -0.2) is 13.4 Å². The van der Waals surface area contributed by atoms with Gasteiger partial charge < -0.3 is 10.1 Å². The van der Waals surface area contributed by atoms with Crippen LogP contribution in [0.15, 0.2) is 40.7 Å². The third-order valence-electron chi connectivity index (χ3n) is 5.12. The highest BCUT2D eigenvalue weighted by molar-refractivity contribution is 7.92. The van der Waals surface area contributed by atoms with E-state index in [-0.39, 0.29) is 16.7 Å². The number of aromatic nitrogens is 1. The van der Waals surface area contributed by atoms with Crippen LogP contribution in [0.1, 0.15) is 44.6 Å². The number of hydrogen-bond acceptors (Lipinski definition) is 6. The van der Waals surface area contributed by atoms with Gasteiger partial charge in [0.2, 0.25) is 5.91 Å². The van der Waals surface area contributed by atoms with Crippen LogP contribution in [0.5, 0.6) is 0 Å². The molecule has 152 valence electrons. The molecule has 2 aromatic rings. The summed E-state index contributed by atoms with van der Waals surface area (Å²) in [6, 6.07) is 6.75. The Kier molecular flexibility index (Phi) is 6.85. The summed E-state index contributed by atoms with van der Waals surface area (Å²) in [6.07, 6.45) is 4.22. The molecule has 1 saturated heterocycles. The predicted molar refractivity (Wildman–Crippen MR) is 110 cm³/mol. The van der Waals surface area contributed by atoms with Crippen molar-refractivity contribution in [1.29, 1.82) is 0 Å². The molecule has 1 unspecified atom stereocenters. The van der Waals surface area contributed by atoms with Gasteiger partial charge in [0, 0.05) is 24.8 Å². The fraction of sp³-hybridized carbons (Fsp3) is 0.500. The van der Waals surface area contributed by atoms with E-state index in [1.54, 1.807) is 44.3 Å². The molecule has 1 amide bonds. The third-order valence-corrected chi connectivity index (χ3v) is 7.98. The highest BCUT2D eigenvalue weighted by Crippen LogP contribution is 2.31. The van der Waals surface area contributed by atoms with Crippen LogP contribution in [0.4, 0.5) is 5.13 Å². The average Bonchev–Trinajstić information content (AvgIpc) is 3.20. The number of benzene rings is 1. The van der Waals surface area contributed by atoms with E-state index in [4.69, 9.17) is 4.74 Å². The van der Waals surface area contributed by atoms with Crippen LogP contribution < -0.4 is 5.32 Å². The standard InChI is InChI=1S/C20H26N2O4S2/c1-14(2)28(24,25)17-5-3-16(4-6-17)18(13-15-7-10-26-11-8-15)19(23)22-20-21-9-12-27-20/h3-6,9,12,14-15,18H,7-8,10-11,13H2,1-2H3,(H,21,22,23). The second-order valence-corrected chi connectivity index (χ2v) is 10.7. The Bertz CT molecular complexity index is 871. The molecule has 2 heterocycles. The maximum Gasteiger partial charge on any atom is 0.233 e. The van der Waals surface area contributed by atoms with E-state index in [1.165, 1.54) is 11.3 Å². The maximum absolute atomic E-state index is 13.0. The van der Waals surface area contributed by atoms with Crippen LogP contribution in [-0.4, -0.2) is 37.8 Å². The van der Waals surface area contributed by atoms with E-state index in [0.29, 0.717) is 17.5 Å². The molecule has 1 aliphatic heterocycles. The monoisotopic (exact) mass is 422 g/mol. The zero-order valence-corrected chi connectivity index (χ0v) is 17.8. The summed E-state index contributed by atoms with van der Waals surface area (Å²) in [5, 5.41) is 4.79. The van der Waals surface area contributed by atoms with Gasteiger partial charge >= 0.3 is 0 Å². The van der Waals surface area contributed by atoms with Gasteiger partial charge in [0.1, 0.15) is 0 Å². The zero-order chi connectivity index (χ0) is 20.1. The average molecular weight is 423 g/mol. The molecule has 0 bridgehead atoms. The first-order valence-corrected chi connectivity index (χ1v) is 11.9. The lowest BCUT2D eigenvalue weighted by molar-refractivity contribution is -0.118. The lowest BCUT2D eigenvalue weighted by Crippen LogP contribution is -2.26. The number of amides is 1. The topological polar surface area (TPSA) is 85.4 Å². The number of thiazole rings is 1. The molecule has 3 rings (SSSR count). The van der Waals surface area contributed by atoms with E-state index in [9.17, 15) is 13.2 Å². The second kappa shape index (κ2) is 9.15. The van der Waals surface area contributed by atoms with Crippen molar-refractivity contribution in [3.8, 4) is 0 Å². The van der Waals surface area contributed by atoms with Crippen molar-refractivity contribution in [2.45, 2.75) is 49.2 Å². The molecular formula is C20H26N2O4S2. The minimum absolute atomic E-state index is 0.110. The highest BCUT2D eigenvalue weighted by atomic mass is 32.2. The fourth-order valence-corrected chi connectivity index (χ4v) is 4.94. The minimum atomic E-state index is -3.33. The number of rotatable bonds is 7. The maximum atomic E-state index is 13.0. The fourth-order valence-electron chi connectivity index (χ4n) is 3.35. The van der Waals surface area contributed by atoms with Crippen molar-refractivity contribution >= 4 is 32.2 Å². The summed E-state index contributed by atoms with van der Waals surface area (Å²) < 4.78 is 30.2. The molecule has 1 aromatic heterocycles. The Labute approximate surface area is 170 Å². The molecule has 0 radical (unpaired) electrons. The number of nitrogens with one attached hydrogen (secondary N) is 1. The summed E-state index contributed by atoms with van der Waals surface area (Å²) >= 11 is 1.38. The normalized spacial score (nSPS) is 16.8. The Balaban J connectivity index is 1.83. The lowest BCUT2D eigenvalue weighted by atomic mass is 9.84. The van der Waals surface area contributed by atoms with Crippen LogP contribution >= 0.6 is 11.3 Å². The third kappa shape index (κ3) is 4.98. The minimum Gasteiger partial charge on any atom is -0.381 e. The van der Waals surface area contributed by atoms with E-state index in [0.717, 1.165) is 31.6 Å². The number of anilines is 1. The van der Waals surface area contributed by atoms with Crippen molar-refractivity contribution in [3.63, 3.8) is 0 Å². The van der Waals surface area contributed by atoms with Crippen LogP contribution in [0.2, 0.25) is 0 Å². The van der Waals surface area contributed by atoms with Crippen molar-refractivity contribution < 1.29 is 17.9 Å². The van der Waals surface area contributed by atoms with E-state index in [2.05, 4.69) is 10.3 Å². The van der Waals surface area contributed by atoms with Crippen LogP contribution in [0.3, 0.4) is 0 Å². The van der Waals surface area contributed by atoms with Crippen molar-refractivity contribution in [1.82, 2.24) is 4.98 Å². The van der Waals surface area contributed by atoms with Crippen molar-refractivity contribution in [2.24, 2.45) is 5.92 Å². The van der Waals surface area contributed by atoms with Crippen molar-refractivity contribution in [3.05, 3.63) is 41.4 Å². The summed E-state index contributed by atoms with van der Waals surface area (Å²) in [6.45, 7) is 4.77. The number of carbonyl (C=O) groups is 1. The van der Waals surface area contributed by atoms with Crippen molar-refractivity contribution in [2.75, 3.05) is 18.5 Å². The summed E-state index contributed by atoms with van der Waals surface area (Å²) in [5.74, 6) is -0.0661. The highest BCUT2D eigenvalue weighted by Gasteiger charge is 2.27. The summed E-state index contributed by atoms with van der Waals surface area (Å²) in [4.78, 5) is 17.4. The molecule has 8 heteroatoms. The van der Waals surface area contributed by atoms with Gasteiger partial charge in [0.15, 0.2) is 15.0 Å². The van der Waals surface area contributed by atoms with Gasteiger partial charge in [-0.2, -0.15) is 0 Å². The van der Waals surface area contributed by atoms with Gasteiger partial charge in [-0.1, -0.05) is 12.1 Å². The molecule has 1 atom stereocenters. The molecule has 28 heavy (non-hydrogen) atoms. The van der Waals surface area contributed by atoms with Crippen LogP contribution in [0, 0.1) is 5.92 Å². The molecule has 1 aliphatic rings. The number of sulfone groups is 1. The van der Waals surface area contributed by atoms with Crippen LogP contribution in [0.25, 0.3) is 0 Å². The zero-order valence-electron chi connectivity index (χ0n) is 16.1. The molecule has 6 nitrogen and oxygen atoms in total. The second-order valence-electron chi connectivity index (χ2n) is 7.33. The smallest absolute Gasteiger partial charge is 0.233 e. The van der Waals surface area contributed by atoms with E-state index < -0.39 is 15.1 Å². The van der Waals surface area contributed by atoms with Gasteiger partial charge in [0.25, 0.3) is 0 Å². The Morgan fingerprint density at radius 1 is 1.25 bits per heavy atom. The first-order chi connectivity index (χ1) is 13.4. The molecule has 1 fully saturated rings. The Hall–Kier alpha value is -1.77. The van der Waals surface area contributed by atoms with Gasteiger partial charge in [0.05, 0.1) is 16.1 Å². The summed E-state index contributed by atoms with van der Waals surface area (Å²) in [5.41, 5.74) is 0.822.